The van der Waals surface area contributed by atoms with E-state index in [0.717, 1.165) is 29.3 Å². The lowest BCUT2D eigenvalue weighted by Gasteiger charge is -2.21. The molecule has 2 saturated carbocycles. The second-order valence-corrected chi connectivity index (χ2v) is 6.52. The van der Waals surface area contributed by atoms with Crippen molar-refractivity contribution in [1.29, 1.82) is 0 Å². The zero-order chi connectivity index (χ0) is 15.0. The fourth-order valence-electron chi connectivity index (χ4n) is 4.43. The second kappa shape index (κ2) is 5.88. The van der Waals surface area contributed by atoms with Gasteiger partial charge < -0.3 is 14.8 Å². The molecule has 1 aromatic rings. The summed E-state index contributed by atoms with van der Waals surface area (Å²) < 4.78 is 10.9. The Morgan fingerprint density at radius 2 is 1.62 bits per heavy atom. The topological polar surface area (TPSA) is 30.5 Å². The minimum atomic E-state index is 0.443. The average Bonchev–Trinajstić information content (AvgIpc) is 3.23. The van der Waals surface area contributed by atoms with Crippen LogP contribution in [0.3, 0.4) is 0 Å². The standard InChI is InChI=1S/C18H27NO2/c1-11-9-15(20-3)16(21-4)10-14(11)18(19-2)17-12-7-5-6-8-13(12)17/h9-10,12-13,17-19H,5-8H2,1-4H3. The Morgan fingerprint density at radius 1 is 1.05 bits per heavy atom. The summed E-state index contributed by atoms with van der Waals surface area (Å²) in [5, 5.41) is 3.57. The molecule has 116 valence electrons. The van der Waals surface area contributed by atoms with Gasteiger partial charge in [0.1, 0.15) is 0 Å². The Hall–Kier alpha value is -1.22. The Bertz CT molecular complexity index is 502. The molecule has 3 unspecified atom stereocenters. The van der Waals surface area contributed by atoms with Gasteiger partial charge >= 0.3 is 0 Å². The Morgan fingerprint density at radius 3 is 2.14 bits per heavy atom. The smallest absolute Gasteiger partial charge is 0.161 e. The minimum Gasteiger partial charge on any atom is -0.493 e. The van der Waals surface area contributed by atoms with Crippen LogP contribution in [-0.2, 0) is 0 Å². The van der Waals surface area contributed by atoms with Gasteiger partial charge in [-0.3, -0.25) is 0 Å². The molecule has 3 heteroatoms. The highest BCUT2D eigenvalue weighted by Gasteiger charge is 2.54. The van der Waals surface area contributed by atoms with Crippen LogP contribution in [0.4, 0.5) is 0 Å². The van der Waals surface area contributed by atoms with Crippen LogP contribution in [0.25, 0.3) is 0 Å². The summed E-state index contributed by atoms with van der Waals surface area (Å²) in [6, 6.07) is 4.71. The lowest BCUT2D eigenvalue weighted by atomic mass is 9.95. The van der Waals surface area contributed by atoms with Crippen LogP contribution in [0.15, 0.2) is 12.1 Å². The van der Waals surface area contributed by atoms with Gasteiger partial charge in [-0.05, 0) is 67.8 Å². The van der Waals surface area contributed by atoms with E-state index >= 15 is 0 Å². The fourth-order valence-corrected chi connectivity index (χ4v) is 4.43. The lowest BCUT2D eigenvalue weighted by molar-refractivity contribution is 0.353. The maximum atomic E-state index is 5.49. The number of aryl methyl sites for hydroxylation is 1. The van der Waals surface area contributed by atoms with Gasteiger partial charge in [-0.25, -0.2) is 0 Å². The maximum absolute atomic E-state index is 5.49. The molecule has 1 N–H and O–H groups in total. The first-order valence-electron chi connectivity index (χ1n) is 8.11. The number of ether oxygens (including phenoxy) is 2. The monoisotopic (exact) mass is 289 g/mol. The number of methoxy groups -OCH3 is 2. The van der Waals surface area contributed by atoms with E-state index in [1.165, 1.54) is 36.8 Å². The number of hydrogen-bond donors (Lipinski definition) is 1. The van der Waals surface area contributed by atoms with Crippen molar-refractivity contribution in [2.45, 2.75) is 38.6 Å². The number of benzene rings is 1. The summed E-state index contributed by atoms with van der Waals surface area (Å²) in [4.78, 5) is 0. The molecular weight excluding hydrogens is 262 g/mol. The van der Waals surface area contributed by atoms with E-state index in [9.17, 15) is 0 Å². The molecule has 3 rings (SSSR count). The third-order valence-electron chi connectivity index (χ3n) is 5.53. The van der Waals surface area contributed by atoms with Gasteiger partial charge in [0.2, 0.25) is 0 Å². The Kier molecular flexibility index (Phi) is 4.12. The quantitative estimate of drug-likeness (QED) is 0.896. The molecule has 3 atom stereocenters. The van der Waals surface area contributed by atoms with Gasteiger partial charge in [0.05, 0.1) is 14.2 Å². The highest BCUT2D eigenvalue weighted by Crippen LogP contribution is 2.60. The number of fused-ring (bicyclic) bond motifs is 1. The van der Waals surface area contributed by atoms with Crippen molar-refractivity contribution < 1.29 is 9.47 Å². The molecule has 2 fully saturated rings. The predicted octanol–water partition coefficient (Wildman–Crippen LogP) is 3.71. The lowest BCUT2D eigenvalue weighted by Crippen LogP contribution is -2.21. The van der Waals surface area contributed by atoms with Crippen molar-refractivity contribution >= 4 is 0 Å². The molecule has 0 spiro atoms. The number of rotatable bonds is 5. The molecule has 0 aromatic heterocycles. The molecule has 2 aliphatic carbocycles. The molecule has 1 aromatic carbocycles. The molecule has 2 aliphatic rings. The Labute approximate surface area is 128 Å². The van der Waals surface area contributed by atoms with Crippen molar-refractivity contribution in [3.05, 3.63) is 23.3 Å². The first kappa shape index (κ1) is 14.7. The second-order valence-electron chi connectivity index (χ2n) is 6.52. The Balaban J connectivity index is 1.90. The summed E-state index contributed by atoms with van der Waals surface area (Å²) in [5.74, 6) is 4.32. The van der Waals surface area contributed by atoms with Crippen molar-refractivity contribution in [3.63, 3.8) is 0 Å². The maximum Gasteiger partial charge on any atom is 0.161 e. The van der Waals surface area contributed by atoms with Gasteiger partial charge in [-0.1, -0.05) is 12.8 Å². The van der Waals surface area contributed by atoms with Crippen LogP contribution in [0.5, 0.6) is 11.5 Å². The van der Waals surface area contributed by atoms with E-state index in [1.807, 2.05) is 0 Å². The molecular formula is C18H27NO2. The van der Waals surface area contributed by atoms with Crippen molar-refractivity contribution in [3.8, 4) is 11.5 Å². The van der Waals surface area contributed by atoms with Crippen molar-refractivity contribution in [2.24, 2.45) is 17.8 Å². The predicted molar refractivity (Wildman–Crippen MR) is 85.0 cm³/mol. The van der Waals surface area contributed by atoms with E-state index in [2.05, 4.69) is 31.4 Å². The molecule has 0 amide bonds. The third kappa shape index (κ3) is 2.52. The van der Waals surface area contributed by atoms with Crippen LogP contribution in [0.2, 0.25) is 0 Å². The summed E-state index contributed by atoms with van der Waals surface area (Å²) in [5.41, 5.74) is 2.66. The summed E-state index contributed by atoms with van der Waals surface area (Å²) in [7, 11) is 5.50. The van der Waals surface area contributed by atoms with E-state index < -0.39 is 0 Å². The van der Waals surface area contributed by atoms with Gasteiger partial charge in [-0.2, -0.15) is 0 Å². The van der Waals surface area contributed by atoms with Crippen LogP contribution in [0, 0.1) is 24.7 Å². The van der Waals surface area contributed by atoms with Crippen molar-refractivity contribution in [2.75, 3.05) is 21.3 Å². The summed E-state index contributed by atoms with van der Waals surface area (Å²) >= 11 is 0. The third-order valence-corrected chi connectivity index (χ3v) is 5.53. The molecule has 21 heavy (non-hydrogen) atoms. The first-order chi connectivity index (χ1) is 10.2. The first-order valence-corrected chi connectivity index (χ1v) is 8.11. The zero-order valence-electron chi connectivity index (χ0n) is 13.6. The molecule has 0 radical (unpaired) electrons. The molecule has 0 heterocycles. The van der Waals surface area contributed by atoms with Gasteiger partial charge in [0.15, 0.2) is 11.5 Å². The number of hydrogen-bond acceptors (Lipinski definition) is 3. The van der Waals surface area contributed by atoms with Crippen molar-refractivity contribution in [1.82, 2.24) is 5.32 Å². The molecule has 0 aliphatic heterocycles. The minimum absolute atomic E-state index is 0.443. The zero-order valence-corrected chi connectivity index (χ0v) is 13.6. The fraction of sp³-hybridized carbons (Fsp3) is 0.667. The van der Waals surface area contributed by atoms with Crippen LogP contribution >= 0.6 is 0 Å². The van der Waals surface area contributed by atoms with Crippen LogP contribution < -0.4 is 14.8 Å². The molecule has 0 bridgehead atoms. The molecule has 0 saturated heterocycles. The van der Waals surface area contributed by atoms with E-state index in [-0.39, 0.29) is 0 Å². The van der Waals surface area contributed by atoms with Gasteiger partial charge in [-0.15, -0.1) is 0 Å². The van der Waals surface area contributed by atoms with E-state index in [1.54, 1.807) is 14.2 Å². The normalized spacial score (nSPS) is 28.7. The average molecular weight is 289 g/mol. The highest BCUT2D eigenvalue weighted by molar-refractivity contribution is 5.48. The van der Waals surface area contributed by atoms with Gasteiger partial charge in [0.25, 0.3) is 0 Å². The largest absolute Gasteiger partial charge is 0.493 e. The van der Waals surface area contributed by atoms with Gasteiger partial charge in [0, 0.05) is 6.04 Å². The number of nitrogens with one attached hydrogen (secondary N) is 1. The SMILES string of the molecule is CNC(c1cc(OC)c(OC)cc1C)C1C2CCCCC21. The summed E-state index contributed by atoms with van der Waals surface area (Å²) in [6.45, 7) is 2.17. The van der Waals surface area contributed by atoms with E-state index in [0.29, 0.717) is 6.04 Å². The highest BCUT2D eigenvalue weighted by atomic mass is 16.5. The van der Waals surface area contributed by atoms with Crippen LogP contribution in [-0.4, -0.2) is 21.3 Å². The molecule has 3 nitrogen and oxygen atoms in total. The van der Waals surface area contributed by atoms with E-state index in [4.69, 9.17) is 9.47 Å². The van der Waals surface area contributed by atoms with Crippen LogP contribution in [0.1, 0.15) is 42.9 Å². The summed E-state index contributed by atoms with van der Waals surface area (Å²) in [6.07, 6.45) is 5.66.